The zero-order valence-electron chi connectivity index (χ0n) is 16.1. The lowest BCUT2D eigenvalue weighted by Gasteiger charge is -2.24. The highest BCUT2D eigenvalue weighted by Crippen LogP contribution is 2.26. The Morgan fingerprint density at radius 1 is 0.897 bits per heavy atom. The van der Waals surface area contributed by atoms with Gasteiger partial charge in [-0.2, -0.15) is 0 Å². The van der Waals surface area contributed by atoms with Crippen LogP contribution in [0.15, 0.2) is 77.7 Å². The maximum atomic E-state index is 14.4. The number of nitrogens with zero attached hydrogens (tertiary/aromatic N) is 1. The summed E-state index contributed by atoms with van der Waals surface area (Å²) in [5.74, 6) is -1.31. The lowest BCUT2D eigenvalue weighted by atomic mass is 10.2. The van der Waals surface area contributed by atoms with E-state index in [0.717, 1.165) is 21.5 Å². The van der Waals surface area contributed by atoms with Crippen molar-refractivity contribution >= 4 is 27.3 Å². The van der Waals surface area contributed by atoms with Crippen molar-refractivity contribution in [1.82, 2.24) is 0 Å². The Hall–Kier alpha value is -3.19. The van der Waals surface area contributed by atoms with Crippen molar-refractivity contribution in [2.24, 2.45) is 0 Å². The Morgan fingerprint density at radius 3 is 2.03 bits per heavy atom. The zero-order valence-corrected chi connectivity index (χ0v) is 16.9. The zero-order chi connectivity index (χ0) is 21.0. The number of anilines is 2. The maximum Gasteiger partial charge on any atom is 0.264 e. The third kappa shape index (κ3) is 4.81. The van der Waals surface area contributed by atoms with Gasteiger partial charge in [0.1, 0.15) is 12.4 Å². The Labute approximate surface area is 169 Å². The molecule has 0 spiro atoms. The van der Waals surface area contributed by atoms with E-state index in [0.29, 0.717) is 5.69 Å². The largest absolute Gasteiger partial charge is 0.325 e. The molecule has 0 fully saturated rings. The number of hydrogen-bond donors (Lipinski definition) is 1. The van der Waals surface area contributed by atoms with Crippen molar-refractivity contribution in [1.29, 1.82) is 0 Å². The van der Waals surface area contributed by atoms with Gasteiger partial charge in [-0.05, 0) is 50.2 Å². The van der Waals surface area contributed by atoms with Crippen LogP contribution in [0.3, 0.4) is 0 Å². The highest BCUT2D eigenvalue weighted by Gasteiger charge is 2.29. The first kappa shape index (κ1) is 20.5. The van der Waals surface area contributed by atoms with Crippen LogP contribution in [-0.2, 0) is 14.8 Å². The normalized spacial score (nSPS) is 11.1. The molecule has 0 aromatic heterocycles. The molecule has 3 aromatic carbocycles. The van der Waals surface area contributed by atoms with Gasteiger partial charge in [0.2, 0.25) is 5.91 Å². The molecule has 0 unspecified atom stereocenters. The average molecular weight is 412 g/mol. The van der Waals surface area contributed by atoms with E-state index in [-0.39, 0.29) is 10.6 Å². The first-order valence-corrected chi connectivity index (χ1v) is 10.4. The van der Waals surface area contributed by atoms with Gasteiger partial charge in [0, 0.05) is 5.69 Å². The van der Waals surface area contributed by atoms with Crippen LogP contribution in [0.4, 0.5) is 15.8 Å². The summed E-state index contributed by atoms with van der Waals surface area (Å²) in [6, 6.07) is 18.7. The number of benzene rings is 3. The molecule has 7 heteroatoms. The van der Waals surface area contributed by atoms with Gasteiger partial charge in [-0.3, -0.25) is 9.10 Å². The number of carbonyl (C=O) groups excluding carboxylic acids is 1. The van der Waals surface area contributed by atoms with Crippen molar-refractivity contribution in [2.75, 3.05) is 16.2 Å². The molecule has 5 nitrogen and oxygen atoms in total. The molecule has 0 heterocycles. The van der Waals surface area contributed by atoms with Crippen LogP contribution >= 0.6 is 0 Å². The molecule has 0 aliphatic heterocycles. The fourth-order valence-corrected chi connectivity index (χ4v) is 4.19. The summed E-state index contributed by atoms with van der Waals surface area (Å²) >= 11 is 0. The average Bonchev–Trinajstić information content (AvgIpc) is 2.69. The summed E-state index contributed by atoms with van der Waals surface area (Å²) in [5.41, 5.74) is 2.25. The summed E-state index contributed by atoms with van der Waals surface area (Å²) in [4.78, 5) is 12.6. The summed E-state index contributed by atoms with van der Waals surface area (Å²) in [6.07, 6.45) is 0. The van der Waals surface area contributed by atoms with Crippen LogP contribution in [-0.4, -0.2) is 20.9 Å². The predicted molar refractivity (Wildman–Crippen MR) is 112 cm³/mol. The Bertz CT molecular complexity index is 1110. The fourth-order valence-electron chi connectivity index (χ4n) is 2.76. The van der Waals surface area contributed by atoms with Crippen LogP contribution in [0.2, 0.25) is 0 Å². The fraction of sp³-hybridized carbons (Fsp3) is 0.136. The smallest absolute Gasteiger partial charge is 0.264 e. The number of sulfonamides is 1. The molecule has 0 aliphatic rings. The molecule has 150 valence electrons. The Balaban J connectivity index is 1.95. The monoisotopic (exact) mass is 412 g/mol. The van der Waals surface area contributed by atoms with Gasteiger partial charge in [-0.15, -0.1) is 0 Å². The van der Waals surface area contributed by atoms with Crippen molar-refractivity contribution in [3.63, 3.8) is 0 Å². The number of para-hydroxylation sites is 1. The Kier molecular flexibility index (Phi) is 5.98. The van der Waals surface area contributed by atoms with Crippen LogP contribution in [0.25, 0.3) is 0 Å². The van der Waals surface area contributed by atoms with E-state index in [1.54, 1.807) is 24.3 Å². The molecule has 0 atom stereocenters. The molecule has 0 radical (unpaired) electrons. The molecule has 0 saturated heterocycles. The van der Waals surface area contributed by atoms with E-state index in [2.05, 4.69) is 5.32 Å². The summed E-state index contributed by atoms with van der Waals surface area (Å²) in [5, 5.41) is 2.65. The quantitative estimate of drug-likeness (QED) is 0.657. The SMILES string of the molecule is Cc1ccc(NC(=O)CN(c2ccccc2F)S(=O)(=O)c2ccc(C)cc2)cc1. The van der Waals surface area contributed by atoms with E-state index in [1.807, 2.05) is 26.0 Å². The van der Waals surface area contributed by atoms with Crippen molar-refractivity contribution in [3.05, 3.63) is 89.7 Å². The van der Waals surface area contributed by atoms with E-state index in [1.165, 1.54) is 30.3 Å². The number of carbonyl (C=O) groups is 1. The number of rotatable bonds is 6. The Morgan fingerprint density at radius 2 is 1.45 bits per heavy atom. The second-order valence-corrected chi connectivity index (χ2v) is 8.55. The van der Waals surface area contributed by atoms with Crippen LogP contribution < -0.4 is 9.62 Å². The second-order valence-electron chi connectivity index (χ2n) is 6.69. The summed E-state index contributed by atoms with van der Waals surface area (Å²) in [7, 11) is -4.15. The number of aryl methyl sites for hydroxylation is 2. The van der Waals surface area contributed by atoms with Gasteiger partial charge in [-0.25, -0.2) is 12.8 Å². The van der Waals surface area contributed by atoms with Gasteiger partial charge >= 0.3 is 0 Å². The van der Waals surface area contributed by atoms with Gasteiger partial charge in [0.05, 0.1) is 10.6 Å². The third-order valence-electron chi connectivity index (χ3n) is 4.35. The van der Waals surface area contributed by atoms with Gasteiger partial charge < -0.3 is 5.32 Å². The van der Waals surface area contributed by atoms with Crippen LogP contribution in [0.1, 0.15) is 11.1 Å². The number of amides is 1. The summed E-state index contributed by atoms with van der Waals surface area (Å²) < 4.78 is 41.6. The maximum absolute atomic E-state index is 14.4. The predicted octanol–water partition coefficient (Wildman–Crippen LogP) is 4.28. The lowest BCUT2D eigenvalue weighted by molar-refractivity contribution is -0.114. The first-order valence-electron chi connectivity index (χ1n) is 8.98. The molecular formula is C22H21FN2O3S. The minimum atomic E-state index is -4.15. The van der Waals surface area contributed by atoms with E-state index in [4.69, 9.17) is 0 Å². The first-order chi connectivity index (χ1) is 13.8. The van der Waals surface area contributed by atoms with E-state index < -0.39 is 28.3 Å². The number of halogens is 1. The molecule has 0 aliphatic carbocycles. The minimum absolute atomic E-state index is 0.0190. The van der Waals surface area contributed by atoms with E-state index >= 15 is 0 Å². The molecule has 29 heavy (non-hydrogen) atoms. The van der Waals surface area contributed by atoms with Crippen molar-refractivity contribution in [3.8, 4) is 0 Å². The van der Waals surface area contributed by atoms with Crippen LogP contribution in [0, 0.1) is 19.7 Å². The molecule has 1 N–H and O–H groups in total. The molecule has 0 saturated carbocycles. The summed E-state index contributed by atoms with van der Waals surface area (Å²) in [6.45, 7) is 3.19. The topological polar surface area (TPSA) is 66.5 Å². The molecule has 0 bridgehead atoms. The molecule has 3 rings (SSSR count). The van der Waals surface area contributed by atoms with Crippen molar-refractivity contribution in [2.45, 2.75) is 18.7 Å². The second kappa shape index (κ2) is 8.45. The van der Waals surface area contributed by atoms with Gasteiger partial charge in [0.25, 0.3) is 10.0 Å². The minimum Gasteiger partial charge on any atom is -0.325 e. The molecule has 3 aromatic rings. The van der Waals surface area contributed by atoms with Gasteiger partial charge in [-0.1, -0.05) is 47.5 Å². The third-order valence-corrected chi connectivity index (χ3v) is 6.13. The molecule has 1 amide bonds. The number of nitrogens with one attached hydrogen (secondary N) is 1. The van der Waals surface area contributed by atoms with E-state index in [9.17, 15) is 17.6 Å². The highest BCUT2D eigenvalue weighted by atomic mass is 32.2. The molecular weight excluding hydrogens is 391 g/mol. The lowest BCUT2D eigenvalue weighted by Crippen LogP contribution is -2.38. The van der Waals surface area contributed by atoms with Gasteiger partial charge in [0.15, 0.2) is 0 Å². The highest BCUT2D eigenvalue weighted by molar-refractivity contribution is 7.92. The number of hydrogen-bond acceptors (Lipinski definition) is 3. The van der Waals surface area contributed by atoms with Crippen LogP contribution in [0.5, 0.6) is 0 Å². The standard InChI is InChI=1S/C22H21FN2O3S/c1-16-7-11-18(12-8-16)24-22(26)15-25(21-6-4-3-5-20(21)23)29(27,28)19-13-9-17(2)10-14-19/h3-14H,15H2,1-2H3,(H,24,26). The van der Waals surface area contributed by atoms with Crippen molar-refractivity contribution < 1.29 is 17.6 Å².